The molecule has 1 aromatic heterocycles. The van der Waals surface area contributed by atoms with Crippen LogP contribution >= 0.6 is 0 Å². The van der Waals surface area contributed by atoms with Crippen LogP contribution in [0.15, 0.2) is 53.3 Å². The third-order valence-electron chi connectivity index (χ3n) is 3.92. The molecule has 2 aromatic carbocycles. The Morgan fingerprint density at radius 1 is 1.15 bits per heavy atom. The fourth-order valence-electron chi connectivity index (χ4n) is 2.48. The Morgan fingerprint density at radius 2 is 1.81 bits per heavy atom. The zero-order chi connectivity index (χ0) is 19.4. The summed E-state index contributed by atoms with van der Waals surface area (Å²) in [4.78, 5) is 36.3. The summed E-state index contributed by atoms with van der Waals surface area (Å²) in [6, 6.07) is 12.1. The number of hydrogen-bond acceptors (Lipinski definition) is 5. The Balaban J connectivity index is 1.67. The molecule has 0 bridgehead atoms. The Morgan fingerprint density at radius 3 is 2.52 bits per heavy atom. The summed E-state index contributed by atoms with van der Waals surface area (Å²) < 4.78 is 18.0. The Bertz CT molecular complexity index is 1050. The van der Waals surface area contributed by atoms with Crippen molar-refractivity contribution >= 4 is 22.6 Å². The van der Waals surface area contributed by atoms with Gasteiger partial charge in [0.1, 0.15) is 5.82 Å². The topological polar surface area (TPSA) is 101 Å². The van der Waals surface area contributed by atoms with Crippen molar-refractivity contribution in [1.29, 1.82) is 0 Å². The van der Waals surface area contributed by atoms with Crippen LogP contribution in [0.4, 0.5) is 4.39 Å². The highest BCUT2D eigenvalue weighted by Gasteiger charge is 2.22. The second kappa shape index (κ2) is 7.77. The number of carbonyl (C=O) groups excluding carboxylic acids is 2. The quantitative estimate of drug-likeness (QED) is 0.669. The van der Waals surface area contributed by atoms with Crippen LogP contribution in [0, 0.1) is 5.82 Å². The van der Waals surface area contributed by atoms with Gasteiger partial charge in [-0.05, 0) is 30.7 Å². The molecular weight excluding hydrogens is 353 g/mol. The number of H-pyrrole nitrogens is 1. The van der Waals surface area contributed by atoms with E-state index in [4.69, 9.17) is 4.74 Å². The van der Waals surface area contributed by atoms with E-state index in [0.717, 1.165) is 0 Å². The second-order valence-electron chi connectivity index (χ2n) is 5.84. The highest BCUT2D eigenvalue weighted by molar-refractivity contribution is 6.02. The van der Waals surface area contributed by atoms with Gasteiger partial charge in [-0.3, -0.25) is 9.59 Å². The van der Waals surface area contributed by atoms with Gasteiger partial charge in [0.2, 0.25) is 0 Å². The third kappa shape index (κ3) is 4.17. The number of hydrogen-bond donors (Lipinski definition) is 2. The molecule has 0 spiro atoms. The van der Waals surface area contributed by atoms with Gasteiger partial charge in [0, 0.05) is 11.9 Å². The van der Waals surface area contributed by atoms with E-state index in [1.54, 1.807) is 36.4 Å². The highest BCUT2D eigenvalue weighted by Crippen LogP contribution is 2.14. The standard InChI is InChI=1S/C19H16FN3O4/c1-11(17(24)21-10-12-6-8-13(20)9-7-12)27-19(26)16-14-4-2-3-5-15(14)18(25)23-22-16/h2-9,11H,10H2,1H3,(H,21,24)(H,23,25)/t11-/m0/s1. The van der Waals surface area contributed by atoms with Crippen molar-refractivity contribution in [3.05, 3.63) is 76.0 Å². The summed E-state index contributed by atoms with van der Waals surface area (Å²) in [6.45, 7) is 1.59. The minimum absolute atomic E-state index is 0.0802. The van der Waals surface area contributed by atoms with Gasteiger partial charge in [0.25, 0.3) is 11.5 Å². The van der Waals surface area contributed by atoms with Crippen LogP contribution in [0.2, 0.25) is 0 Å². The van der Waals surface area contributed by atoms with Crippen LogP contribution in [0.25, 0.3) is 10.8 Å². The first kappa shape index (κ1) is 18.2. The van der Waals surface area contributed by atoms with E-state index in [1.165, 1.54) is 19.1 Å². The minimum atomic E-state index is -1.08. The fourth-order valence-corrected chi connectivity index (χ4v) is 2.48. The smallest absolute Gasteiger partial charge is 0.360 e. The SMILES string of the molecule is C[C@H](OC(=O)c1n[nH]c(=O)c2ccccc12)C(=O)NCc1ccc(F)cc1. The summed E-state index contributed by atoms with van der Waals surface area (Å²) in [5.41, 5.74) is 0.201. The number of aromatic amines is 1. The van der Waals surface area contributed by atoms with Crippen molar-refractivity contribution < 1.29 is 18.7 Å². The van der Waals surface area contributed by atoms with Crippen LogP contribution in [-0.4, -0.2) is 28.2 Å². The average Bonchev–Trinajstić information content (AvgIpc) is 2.67. The van der Waals surface area contributed by atoms with E-state index in [-0.39, 0.29) is 18.1 Å². The number of ether oxygens (including phenoxy) is 1. The fraction of sp³-hybridized carbons (Fsp3) is 0.158. The number of esters is 1. The minimum Gasteiger partial charge on any atom is -0.448 e. The van der Waals surface area contributed by atoms with Crippen molar-refractivity contribution in [2.24, 2.45) is 0 Å². The molecule has 1 heterocycles. The molecule has 7 nitrogen and oxygen atoms in total. The highest BCUT2D eigenvalue weighted by atomic mass is 19.1. The number of benzene rings is 2. The van der Waals surface area contributed by atoms with Crippen molar-refractivity contribution in [2.75, 3.05) is 0 Å². The number of nitrogens with one attached hydrogen (secondary N) is 2. The predicted octanol–water partition coefficient (Wildman–Crippen LogP) is 1.92. The average molecular weight is 369 g/mol. The van der Waals surface area contributed by atoms with Crippen molar-refractivity contribution in [1.82, 2.24) is 15.5 Å². The van der Waals surface area contributed by atoms with Gasteiger partial charge >= 0.3 is 5.97 Å². The lowest BCUT2D eigenvalue weighted by molar-refractivity contribution is -0.129. The largest absolute Gasteiger partial charge is 0.448 e. The Labute approximate surface area is 153 Å². The predicted molar refractivity (Wildman–Crippen MR) is 95.5 cm³/mol. The van der Waals surface area contributed by atoms with Crippen LogP contribution in [0.3, 0.4) is 0 Å². The summed E-state index contributed by atoms with van der Waals surface area (Å²) in [5.74, 6) is -1.71. The van der Waals surface area contributed by atoms with Crippen LogP contribution in [0.1, 0.15) is 23.0 Å². The van der Waals surface area contributed by atoms with Gasteiger partial charge < -0.3 is 10.1 Å². The molecule has 0 unspecified atom stereocenters. The van der Waals surface area contributed by atoms with E-state index in [0.29, 0.717) is 16.3 Å². The van der Waals surface area contributed by atoms with Gasteiger partial charge in [-0.2, -0.15) is 5.10 Å². The second-order valence-corrected chi connectivity index (χ2v) is 5.84. The zero-order valence-corrected chi connectivity index (χ0v) is 14.4. The third-order valence-corrected chi connectivity index (χ3v) is 3.92. The van der Waals surface area contributed by atoms with Crippen LogP contribution in [-0.2, 0) is 16.1 Å². The molecule has 1 atom stereocenters. The van der Waals surface area contributed by atoms with E-state index in [1.807, 2.05) is 0 Å². The maximum absolute atomic E-state index is 12.9. The van der Waals surface area contributed by atoms with Gasteiger partial charge in [-0.15, -0.1) is 0 Å². The number of halogens is 1. The first-order valence-corrected chi connectivity index (χ1v) is 8.16. The zero-order valence-electron chi connectivity index (χ0n) is 14.4. The summed E-state index contributed by atoms with van der Waals surface area (Å²) >= 11 is 0. The van der Waals surface area contributed by atoms with Crippen molar-refractivity contribution in [3.8, 4) is 0 Å². The lowest BCUT2D eigenvalue weighted by atomic mass is 10.1. The molecule has 0 aliphatic carbocycles. The first-order valence-electron chi connectivity index (χ1n) is 8.16. The molecule has 0 radical (unpaired) electrons. The monoisotopic (exact) mass is 369 g/mol. The van der Waals surface area contributed by atoms with E-state index in [9.17, 15) is 18.8 Å². The molecule has 0 aliphatic heterocycles. The lowest BCUT2D eigenvalue weighted by Gasteiger charge is -2.13. The molecule has 3 aromatic rings. The summed E-state index contributed by atoms with van der Waals surface area (Å²) in [7, 11) is 0. The molecule has 0 fully saturated rings. The maximum atomic E-state index is 12.9. The molecule has 0 saturated heterocycles. The number of rotatable bonds is 5. The van der Waals surface area contributed by atoms with Crippen molar-refractivity contribution in [3.63, 3.8) is 0 Å². The lowest BCUT2D eigenvalue weighted by Crippen LogP contribution is -2.35. The molecular formula is C19H16FN3O4. The molecule has 2 N–H and O–H groups in total. The number of amides is 1. The van der Waals surface area contributed by atoms with E-state index < -0.39 is 23.5 Å². The maximum Gasteiger partial charge on any atom is 0.360 e. The van der Waals surface area contributed by atoms with Crippen molar-refractivity contribution in [2.45, 2.75) is 19.6 Å². The van der Waals surface area contributed by atoms with Gasteiger partial charge in [0.15, 0.2) is 11.8 Å². The molecule has 27 heavy (non-hydrogen) atoms. The molecule has 0 aliphatic rings. The number of carbonyl (C=O) groups is 2. The van der Waals surface area contributed by atoms with Gasteiger partial charge in [-0.1, -0.05) is 30.3 Å². The van der Waals surface area contributed by atoms with Crippen LogP contribution in [0.5, 0.6) is 0 Å². The molecule has 138 valence electrons. The summed E-state index contributed by atoms with van der Waals surface area (Å²) in [5, 5.41) is 9.22. The van der Waals surface area contributed by atoms with Gasteiger partial charge in [-0.25, -0.2) is 14.3 Å². The molecule has 0 saturated carbocycles. The number of nitrogens with zero attached hydrogens (tertiary/aromatic N) is 1. The van der Waals surface area contributed by atoms with Crippen LogP contribution < -0.4 is 10.9 Å². The Kier molecular flexibility index (Phi) is 5.25. The number of aromatic nitrogens is 2. The summed E-state index contributed by atoms with van der Waals surface area (Å²) in [6.07, 6.45) is -1.08. The first-order chi connectivity index (χ1) is 13.0. The Hall–Kier alpha value is -3.55. The van der Waals surface area contributed by atoms with E-state index >= 15 is 0 Å². The molecule has 1 amide bonds. The van der Waals surface area contributed by atoms with Gasteiger partial charge in [0.05, 0.1) is 5.39 Å². The van der Waals surface area contributed by atoms with E-state index in [2.05, 4.69) is 15.5 Å². The normalized spacial score (nSPS) is 11.8. The number of fused-ring (bicyclic) bond motifs is 1. The molecule has 8 heteroatoms. The molecule has 3 rings (SSSR count).